The van der Waals surface area contributed by atoms with Crippen LogP contribution in [0.25, 0.3) is 22.3 Å². The van der Waals surface area contributed by atoms with Crippen LogP contribution in [0.1, 0.15) is 126 Å². The predicted octanol–water partition coefficient (Wildman–Crippen LogP) is 15.7. The van der Waals surface area contributed by atoms with Crippen molar-refractivity contribution >= 4 is 81.2 Å². The molecule has 9 aliphatic rings. The Bertz CT molecular complexity index is 4770. The van der Waals surface area contributed by atoms with E-state index >= 15 is 0 Å². The fraction of sp³-hybridized carbons (Fsp3) is 0.296. The van der Waals surface area contributed by atoms with Gasteiger partial charge in [0.25, 0.3) is 0 Å². The number of aryl methyl sites for hydroxylation is 3. The van der Waals surface area contributed by atoms with Crippen molar-refractivity contribution in [2.24, 2.45) is 32.2 Å². The molecular formula is C81H77BBrCl3F3N9O8. The molecular weight excluding hydrogens is 1480 g/mol. The summed E-state index contributed by atoms with van der Waals surface area (Å²) in [5, 5.41) is 21.9. The number of benzene rings is 9. The molecule has 0 saturated carbocycles. The Morgan fingerprint density at radius 1 is 0.434 bits per heavy atom. The molecule has 9 aromatic carbocycles. The van der Waals surface area contributed by atoms with Crippen LogP contribution in [0.3, 0.4) is 0 Å². The molecule has 6 aliphatic heterocycles. The van der Waals surface area contributed by atoms with Crippen LogP contribution in [0.5, 0.6) is 17.2 Å². The second kappa shape index (κ2) is 29.7. The number of nitrogens with two attached hydrogens (primary N) is 3. The minimum atomic E-state index is -1.60. The van der Waals surface area contributed by atoms with Crippen LogP contribution in [0.2, 0.25) is 15.1 Å². The van der Waals surface area contributed by atoms with E-state index in [4.69, 9.17) is 106 Å². The molecule has 546 valence electrons. The van der Waals surface area contributed by atoms with E-state index in [1.54, 1.807) is 50.5 Å². The zero-order valence-corrected chi connectivity index (χ0v) is 62.1. The number of fused-ring (bicyclic) bond motifs is 9. The minimum absolute atomic E-state index is 0.0109. The Kier molecular flexibility index (Phi) is 20.4. The van der Waals surface area contributed by atoms with Crippen LogP contribution in [0.4, 0.5) is 13.2 Å². The van der Waals surface area contributed by atoms with Gasteiger partial charge in [0.1, 0.15) is 53.0 Å². The molecule has 3 aliphatic carbocycles. The molecule has 5 unspecified atom stereocenters. The Hall–Kier alpha value is -8.81. The molecule has 6 heterocycles. The van der Waals surface area contributed by atoms with Crippen LogP contribution in [-0.2, 0) is 51.0 Å². The Morgan fingerprint density at radius 3 is 1.09 bits per heavy atom. The first-order valence-corrected chi connectivity index (χ1v) is 37.4. The van der Waals surface area contributed by atoms with Crippen LogP contribution in [0, 0.1) is 17.5 Å². The number of ether oxygens (including phenoxy) is 3. The zero-order valence-electron chi connectivity index (χ0n) is 58.3. The molecule has 0 aromatic heterocycles. The van der Waals surface area contributed by atoms with Gasteiger partial charge in [-0.3, -0.25) is 0 Å². The lowest BCUT2D eigenvalue weighted by atomic mass is 9.76. The SMILES string of the molecule is CN1OC2(CC(C3CCCc4ccccc43)Oc3ccc(Br)cc32)N=C1N.CN1O[C@@]2(CC([C@@H]3CCCc4ccccc43)Oc3ccc(-c4ccc(F)c(Cl)c4)cc32)N=C1N.CN1O[C@@]2(CC([C@H]3CCCc4ccccc43)Oc3ccc(-c4ccc(F)c(Cl)c4)cc32)N=C1N.OB(O)c1ccc(F)c(Cl)c1. The third kappa shape index (κ3) is 14.3. The van der Waals surface area contributed by atoms with Gasteiger partial charge in [-0.15, -0.1) is 0 Å². The van der Waals surface area contributed by atoms with Gasteiger partial charge in [0.15, 0.2) is 0 Å². The van der Waals surface area contributed by atoms with Crippen molar-refractivity contribution in [3.63, 3.8) is 0 Å². The van der Waals surface area contributed by atoms with Gasteiger partial charge >= 0.3 is 7.12 Å². The fourth-order valence-electron chi connectivity index (χ4n) is 16.4. The van der Waals surface area contributed by atoms with Crippen LogP contribution in [-0.4, -0.2) is 89.7 Å². The summed E-state index contributed by atoms with van der Waals surface area (Å²) in [5.74, 6) is 2.67. The number of hydroxylamine groups is 6. The van der Waals surface area contributed by atoms with Crippen molar-refractivity contribution in [2.75, 3.05) is 21.1 Å². The zero-order chi connectivity index (χ0) is 73.9. The van der Waals surface area contributed by atoms with Gasteiger partial charge in [-0.05, 0) is 198 Å². The maximum atomic E-state index is 13.7. The maximum absolute atomic E-state index is 13.7. The smallest absolute Gasteiger partial charge is 0.488 e. The molecule has 18 rings (SSSR count). The summed E-state index contributed by atoms with van der Waals surface area (Å²) >= 11 is 21.0. The molecule has 0 fully saturated rings. The largest absolute Gasteiger partial charge is 0.489 e. The Balaban J connectivity index is 0.000000119. The second-order valence-corrected chi connectivity index (χ2v) is 30.2. The normalized spacial score (nSPS) is 24.8. The van der Waals surface area contributed by atoms with E-state index in [2.05, 4.69) is 88.7 Å². The summed E-state index contributed by atoms with van der Waals surface area (Å²) in [7, 11) is 3.72. The van der Waals surface area contributed by atoms with Crippen molar-refractivity contribution in [3.8, 4) is 39.5 Å². The minimum Gasteiger partial charge on any atom is -0.489 e. The van der Waals surface area contributed by atoms with Crippen molar-refractivity contribution < 1.29 is 51.9 Å². The van der Waals surface area contributed by atoms with E-state index in [9.17, 15) is 13.2 Å². The van der Waals surface area contributed by atoms with E-state index < -0.39 is 41.7 Å². The van der Waals surface area contributed by atoms with Gasteiger partial charge in [0, 0.05) is 62.6 Å². The molecule has 106 heavy (non-hydrogen) atoms. The number of halogens is 7. The highest BCUT2D eigenvalue weighted by Gasteiger charge is 2.54. The average Bonchev–Trinajstić information content (AvgIpc) is 1.48. The van der Waals surface area contributed by atoms with Gasteiger partial charge in [-0.25, -0.2) is 57.9 Å². The van der Waals surface area contributed by atoms with E-state index in [0.29, 0.717) is 43.1 Å². The lowest BCUT2D eigenvalue weighted by Crippen LogP contribution is -2.42. The number of nitrogens with zero attached hydrogens (tertiary/aromatic N) is 6. The second-order valence-electron chi connectivity index (χ2n) is 28.1. The quantitative estimate of drug-likeness (QED) is 0.0978. The summed E-state index contributed by atoms with van der Waals surface area (Å²) in [6.45, 7) is 0. The van der Waals surface area contributed by atoms with E-state index in [1.165, 1.54) is 74.2 Å². The first-order chi connectivity index (χ1) is 51.0. The first-order valence-electron chi connectivity index (χ1n) is 35.4. The lowest BCUT2D eigenvalue weighted by molar-refractivity contribution is -0.192. The molecule has 0 saturated heterocycles. The first kappa shape index (κ1) is 72.7. The summed E-state index contributed by atoms with van der Waals surface area (Å²) in [6.07, 6.45) is 11.4. The molecule has 0 amide bonds. The predicted molar refractivity (Wildman–Crippen MR) is 409 cm³/mol. The number of hydrogen-bond donors (Lipinski definition) is 5. The molecule has 3 spiro atoms. The molecule has 9 aromatic rings. The van der Waals surface area contributed by atoms with Crippen molar-refractivity contribution in [1.82, 2.24) is 15.2 Å². The number of rotatable bonds is 6. The lowest BCUT2D eigenvalue weighted by Gasteiger charge is -2.41. The molecule has 0 bridgehead atoms. The highest BCUT2D eigenvalue weighted by molar-refractivity contribution is 9.10. The molecule has 25 heteroatoms. The molecule has 9 atom stereocenters. The summed E-state index contributed by atoms with van der Waals surface area (Å²) < 4.78 is 60.7. The standard InChI is InChI=1S/2C27H25ClFN3O2.C21H22BrN3O2.C6H5BClFO2/c2*1-32-26(30)31-27(34-32)15-25(20-8-4-6-16-5-2-3-7-19(16)20)33-24-12-10-17(13-21(24)27)18-9-11-23(29)22(28)14-18;1-25-20(23)24-21(27-25)12-19(26-18-10-9-14(22)11-17(18)21)16-8-4-6-13-5-2-3-7-15(13)16;8-5-3-4(7(10)11)1-2-6(5)9/h2*2-3,5,7,9-14,20,25H,4,6,8,15H2,1H3,(H2,30,31);2-3,5,7,9-11,16,19H,4,6,8,12H2,1H3,(H2,23,24);1-3,10-11H/t20-,25?,27+;20-,25?,27-;;/m01../s1. The third-order valence-corrected chi connectivity index (χ3v) is 22.9. The van der Waals surface area contributed by atoms with Gasteiger partial charge in [-0.1, -0.05) is 154 Å². The van der Waals surface area contributed by atoms with Crippen molar-refractivity contribution in [1.29, 1.82) is 0 Å². The van der Waals surface area contributed by atoms with E-state index in [0.717, 1.165) is 118 Å². The number of aliphatic imine (C=N–C) groups is 3. The number of hydrogen-bond acceptors (Lipinski definition) is 17. The van der Waals surface area contributed by atoms with Crippen LogP contribution >= 0.6 is 50.7 Å². The summed E-state index contributed by atoms with van der Waals surface area (Å²) in [5.41, 5.74) is 30.0. The monoisotopic (exact) mass is 1560 g/mol. The Labute approximate surface area is 636 Å². The van der Waals surface area contributed by atoms with E-state index in [-0.39, 0.29) is 50.7 Å². The molecule has 17 nitrogen and oxygen atoms in total. The highest BCUT2D eigenvalue weighted by Crippen LogP contribution is 2.55. The van der Waals surface area contributed by atoms with Crippen molar-refractivity contribution in [3.05, 3.63) is 269 Å². The van der Waals surface area contributed by atoms with Crippen LogP contribution in [0.15, 0.2) is 201 Å². The van der Waals surface area contributed by atoms with Gasteiger partial charge < -0.3 is 41.5 Å². The maximum Gasteiger partial charge on any atom is 0.488 e. The number of guanidine groups is 3. The van der Waals surface area contributed by atoms with Gasteiger partial charge in [0.2, 0.25) is 35.1 Å². The highest BCUT2D eigenvalue weighted by atomic mass is 79.9. The van der Waals surface area contributed by atoms with Gasteiger partial charge in [-0.2, -0.15) is 0 Å². The fourth-order valence-corrected chi connectivity index (χ4v) is 17.3. The topological polar surface area (TPSA) is 221 Å². The van der Waals surface area contributed by atoms with Crippen molar-refractivity contribution in [2.45, 2.75) is 130 Å². The Morgan fingerprint density at radius 2 is 0.755 bits per heavy atom. The van der Waals surface area contributed by atoms with Gasteiger partial charge in [0.05, 0.1) is 31.8 Å². The van der Waals surface area contributed by atoms with E-state index in [1.807, 2.05) is 54.6 Å². The molecule has 8 N–H and O–H groups in total. The molecule has 0 radical (unpaired) electrons. The summed E-state index contributed by atoms with van der Waals surface area (Å²) in [6, 6.07) is 56.7. The van der Waals surface area contributed by atoms with Crippen LogP contribution < -0.4 is 36.9 Å². The summed E-state index contributed by atoms with van der Waals surface area (Å²) in [4.78, 5) is 33.2. The third-order valence-electron chi connectivity index (χ3n) is 21.5. The average molecular weight is 1560 g/mol.